The van der Waals surface area contributed by atoms with E-state index in [-0.39, 0.29) is 32.7 Å². The number of nitrogens with zero attached hydrogens (tertiary/aromatic N) is 5. The molecule has 0 amide bonds. The Labute approximate surface area is 196 Å². The van der Waals surface area contributed by atoms with Crippen molar-refractivity contribution < 1.29 is 14.6 Å². The molecular formula is C20H11BrN6O7. The van der Waals surface area contributed by atoms with E-state index in [1.807, 2.05) is 0 Å². The molecule has 0 atom stereocenters. The zero-order valence-electron chi connectivity index (χ0n) is 16.7. The van der Waals surface area contributed by atoms with Gasteiger partial charge in [-0.05, 0) is 34.1 Å². The first-order valence-corrected chi connectivity index (χ1v) is 10.1. The van der Waals surface area contributed by atoms with Gasteiger partial charge in [-0.3, -0.25) is 25.0 Å². The lowest BCUT2D eigenvalue weighted by Crippen LogP contribution is -2.32. The summed E-state index contributed by atoms with van der Waals surface area (Å²) in [6.45, 7) is 0. The van der Waals surface area contributed by atoms with Crippen LogP contribution in [0, 0.1) is 20.2 Å². The standard InChI is InChI=1S/C20H11BrN6O7/c21-14-7-11(9-23-25-19(28)13-3-1-2-4-15(13)24-20(25)29)8-16(27(32)33)18(14)34-17-6-5-12(10-22-17)26(30)31/h1-10H,(H,24,29). The van der Waals surface area contributed by atoms with Crippen LogP contribution >= 0.6 is 15.9 Å². The molecule has 4 aromatic rings. The number of hydrogen-bond donors (Lipinski definition) is 1. The Morgan fingerprint density at radius 3 is 2.53 bits per heavy atom. The summed E-state index contributed by atoms with van der Waals surface area (Å²) in [5.41, 5.74) is -1.65. The molecule has 0 aliphatic heterocycles. The van der Waals surface area contributed by atoms with Crippen molar-refractivity contribution in [3.63, 3.8) is 0 Å². The van der Waals surface area contributed by atoms with Gasteiger partial charge in [0, 0.05) is 23.8 Å². The fourth-order valence-corrected chi connectivity index (χ4v) is 3.49. The number of rotatable bonds is 6. The number of ether oxygens (including phenoxy) is 1. The van der Waals surface area contributed by atoms with Crippen LogP contribution in [0.15, 0.2) is 73.9 Å². The lowest BCUT2D eigenvalue weighted by Gasteiger charge is -2.08. The summed E-state index contributed by atoms with van der Waals surface area (Å²) in [6, 6.07) is 11.3. The molecule has 1 N–H and O–H groups in total. The van der Waals surface area contributed by atoms with E-state index in [9.17, 15) is 29.8 Å². The number of nitro benzene ring substituents is 1. The Hall–Kier alpha value is -4.72. The third-order valence-electron chi connectivity index (χ3n) is 4.49. The van der Waals surface area contributed by atoms with Gasteiger partial charge in [0.25, 0.3) is 11.2 Å². The van der Waals surface area contributed by atoms with Gasteiger partial charge in [0.2, 0.25) is 11.6 Å². The van der Waals surface area contributed by atoms with E-state index in [4.69, 9.17) is 4.74 Å². The molecule has 0 fully saturated rings. The smallest absolute Gasteiger partial charge is 0.349 e. The molecule has 34 heavy (non-hydrogen) atoms. The summed E-state index contributed by atoms with van der Waals surface area (Å²) < 4.78 is 6.21. The molecule has 0 aliphatic carbocycles. The molecule has 0 bridgehead atoms. The first kappa shape index (κ1) is 22.5. The SMILES string of the molecule is O=c1[nH]c2ccccc2c(=O)n1N=Cc1cc(Br)c(Oc2ccc([N+](=O)[O-])cn2)c([N+](=O)[O-])c1. The Balaban J connectivity index is 1.71. The first-order chi connectivity index (χ1) is 16.2. The van der Waals surface area contributed by atoms with Crippen LogP contribution in [0.25, 0.3) is 10.9 Å². The average molecular weight is 527 g/mol. The highest BCUT2D eigenvalue weighted by Gasteiger charge is 2.22. The van der Waals surface area contributed by atoms with E-state index in [1.54, 1.807) is 18.2 Å². The first-order valence-electron chi connectivity index (χ1n) is 9.29. The molecular weight excluding hydrogens is 516 g/mol. The molecule has 2 aromatic heterocycles. The van der Waals surface area contributed by atoms with Crippen molar-refractivity contribution in [2.45, 2.75) is 0 Å². The van der Waals surface area contributed by atoms with Gasteiger partial charge in [-0.1, -0.05) is 12.1 Å². The average Bonchev–Trinajstić information content (AvgIpc) is 2.80. The van der Waals surface area contributed by atoms with Crippen molar-refractivity contribution in [2.24, 2.45) is 5.10 Å². The predicted octanol–water partition coefficient (Wildman–Crippen LogP) is 3.34. The minimum atomic E-state index is -0.780. The summed E-state index contributed by atoms with van der Waals surface area (Å²) >= 11 is 3.19. The van der Waals surface area contributed by atoms with E-state index >= 15 is 0 Å². The Morgan fingerprint density at radius 2 is 1.85 bits per heavy atom. The molecule has 170 valence electrons. The Kier molecular flexibility index (Phi) is 5.97. The highest BCUT2D eigenvalue weighted by Crippen LogP contribution is 2.38. The number of nitrogens with one attached hydrogen (secondary N) is 1. The maximum absolute atomic E-state index is 12.6. The van der Waals surface area contributed by atoms with Gasteiger partial charge >= 0.3 is 11.4 Å². The van der Waals surface area contributed by atoms with Crippen LogP contribution < -0.4 is 16.0 Å². The molecule has 2 aromatic carbocycles. The van der Waals surface area contributed by atoms with Crippen molar-refractivity contribution in [1.29, 1.82) is 0 Å². The molecule has 0 saturated carbocycles. The number of aromatic amines is 1. The second-order valence-electron chi connectivity index (χ2n) is 6.66. The van der Waals surface area contributed by atoms with Crippen LogP contribution in [0.2, 0.25) is 0 Å². The number of hydrogen-bond acceptors (Lipinski definition) is 9. The molecule has 0 radical (unpaired) electrons. The predicted molar refractivity (Wildman–Crippen MR) is 124 cm³/mol. The van der Waals surface area contributed by atoms with E-state index in [2.05, 4.69) is 31.0 Å². The van der Waals surface area contributed by atoms with Gasteiger partial charge in [0.05, 0.1) is 31.4 Å². The molecule has 0 unspecified atom stereocenters. The van der Waals surface area contributed by atoms with Gasteiger partial charge in [0.15, 0.2) is 0 Å². The maximum Gasteiger partial charge on any atom is 0.349 e. The number of pyridine rings is 1. The molecule has 13 nitrogen and oxygen atoms in total. The lowest BCUT2D eigenvalue weighted by molar-refractivity contribution is -0.385. The van der Waals surface area contributed by atoms with Gasteiger partial charge in [-0.25, -0.2) is 9.78 Å². The van der Waals surface area contributed by atoms with Crippen molar-refractivity contribution in [3.8, 4) is 11.6 Å². The minimum absolute atomic E-state index is 0.106. The quantitative estimate of drug-likeness (QED) is 0.226. The van der Waals surface area contributed by atoms with Crippen LogP contribution in [0.5, 0.6) is 11.6 Å². The summed E-state index contributed by atoms with van der Waals surface area (Å²) in [4.78, 5) is 52.2. The third kappa shape index (κ3) is 4.42. The molecule has 14 heteroatoms. The molecule has 0 saturated heterocycles. The monoisotopic (exact) mass is 526 g/mol. The Bertz CT molecular complexity index is 1590. The number of halogens is 1. The van der Waals surface area contributed by atoms with Crippen molar-refractivity contribution >= 4 is 44.4 Å². The summed E-state index contributed by atoms with van der Waals surface area (Å²) in [5, 5.41) is 26.5. The number of para-hydroxylation sites is 1. The van der Waals surface area contributed by atoms with E-state index in [0.717, 1.165) is 24.5 Å². The van der Waals surface area contributed by atoms with E-state index in [1.165, 1.54) is 18.2 Å². The molecule has 2 heterocycles. The van der Waals surface area contributed by atoms with E-state index < -0.39 is 26.8 Å². The van der Waals surface area contributed by atoms with Gasteiger partial charge in [0.1, 0.15) is 6.20 Å². The highest BCUT2D eigenvalue weighted by molar-refractivity contribution is 9.10. The second-order valence-corrected chi connectivity index (χ2v) is 7.51. The Morgan fingerprint density at radius 1 is 1.09 bits per heavy atom. The summed E-state index contributed by atoms with van der Waals surface area (Å²) in [7, 11) is 0. The number of H-pyrrole nitrogens is 1. The summed E-state index contributed by atoms with van der Waals surface area (Å²) in [5.74, 6) is -0.311. The number of aromatic nitrogens is 3. The van der Waals surface area contributed by atoms with Gasteiger partial charge < -0.3 is 9.72 Å². The van der Waals surface area contributed by atoms with Crippen molar-refractivity contribution in [2.75, 3.05) is 0 Å². The molecule has 4 rings (SSSR count). The largest absolute Gasteiger partial charge is 0.431 e. The molecule has 0 spiro atoms. The van der Waals surface area contributed by atoms with Crippen LogP contribution in [-0.4, -0.2) is 30.7 Å². The van der Waals surface area contributed by atoms with Gasteiger partial charge in [-0.2, -0.15) is 5.10 Å². The minimum Gasteiger partial charge on any atom is -0.431 e. The lowest BCUT2D eigenvalue weighted by atomic mass is 10.2. The van der Waals surface area contributed by atoms with Crippen molar-refractivity contribution in [3.05, 3.63) is 106 Å². The van der Waals surface area contributed by atoms with Crippen LogP contribution in [0.1, 0.15) is 5.56 Å². The third-order valence-corrected chi connectivity index (χ3v) is 5.08. The van der Waals surface area contributed by atoms with Crippen molar-refractivity contribution in [1.82, 2.24) is 14.6 Å². The van der Waals surface area contributed by atoms with Crippen LogP contribution in [-0.2, 0) is 0 Å². The highest BCUT2D eigenvalue weighted by atomic mass is 79.9. The zero-order valence-corrected chi connectivity index (χ0v) is 18.3. The van der Waals surface area contributed by atoms with Crippen LogP contribution in [0.3, 0.4) is 0 Å². The summed E-state index contributed by atoms with van der Waals surface area (Å²) in [6.07, 6.45) is 2.06. The normalized spacial score (nSPS) is 11.1. The number of fused-ring (bicyclic) bond motifs is 1. The fourth-order valence-electron chi connectivity index (χ4n) is 2.94. The van der Waals surface area contributed by atoms with Crippen LogP contribution in [0.4, 0.5) is 11.4 Å². The maximum atomic E-state index is 12.6. The topological polar surface area (TPSA) is 176 Å². The van der Waals surface area contributed by atoms with E-state index in [0.29, 0.717) is 10.2 Å². The molecule has 0 aliphatic rings. The fraction of sp³-hybridized carbons (Fsp3) is 0. The van der Waals surface area contributed by atoms with Gasteiger partial charge in [-0.15, -0.1) is 4.68 Å². The zero-order chi connectivity index (χ0) is 24.4. The number of benzene rings is 2. The second kappa shape index (κ2) is 9.03. The number of nitro groups is 2.